The molecule has 0 saturated carbocycles. The zero-order valence-electron chi connectivity index (χ0n) is 10.5. The standard InChI is InChI=1S/C13H12F2N4/c1-3-19-11(4-7(2)18-19)13-16-10-6-8(14)5-9(15)12(10)17-13/h4-6H,3H2,1-2H3,(H,16,17). The fourth-order valence-electron chi connectivity index (χ4n) is 2.14. The Morgan fingerprint density at radius 2 is 2.05 bits per heavy atom. The van der Waals surface area contributed by atoms with E-state index in [0.717, 1.165) is 17.5 Å². The molecule has 0 aliphatic carbocycles. The molecule has 3 aromatic rings. The first-order valence-corrected chi connectivity index (χ1v) is 5.98. The Kier molecular flexibility index (Phi) is 2.58. The van der Waals surface area contributed by atoms with Crippen LogP contribution >= 0.6 is 0 Å². The number of aromatic nitrogens is 4. The largest absolute Gasteiger partial charge is 0.336 e. The molecule has 0 atom stereocenters. The lowest BCUT2D eigenvalue weighted by Gasteiger charge is -1.99. The number of aryl methyl sites for hydroxylation is 2. The van der Waals surface area contributed by atoms with E-state index in [-0.39, 0.29) is 5.52 Å². The maximum absolute atomic E-state index is 13.6. The second-order valence-electron chi connectivity index (χ2n) is 4.36. The first-order chi connectivity index (χ1) is 9.08. The minimum Gasteiger partial charge on any atom is -0.336 e. The van der Waals surface area contributed by atoms with E-state index in [0.29, 0.717) is 17.9 Å². The molecule has 0 bridgehead atoms. The maximum atomic E-state index is 13.6. The average Bonchev–Trinajstić information content (AvgIpc) is 2.91. The third kappa shape index (κ3) is 1.89. The van der Waals surface area contributed by atoms with Gasteiger partial charge in [-0.1, -0.05) is 0 Å². The first-order valence-electron chi connectivity index (χ1n) is 5.98. The van der Waals surface area contributed by atoms with Gasteiger partial charge in [0.05, 0.1) is 11.2 Å². The molecule has 2 aromatic heterocycles. The molecule has 0 radical (unpaired) electrons. The predicted octanol–water partition coefficient (Wildman–Crippen LogP) is 3.03. The number of hydrogen-bond donors (Lipinski definition) is 1. The van der Waals surface area contributed by atoms with Gasteiger partial charge in [-0.05, 0) is 26.0 Å². The molecule has 2 heterocycles. The zero-order chi connectivity index (χ0) is 13.6. The first kappa shape index (κ1) is 11.8. The number of fused-ring (bicyclic) bond motifs is 1. The third-order valence-electron chi connectivity index (χ3n) is 2.95. The van der Waals surface area contributed by atoms with Gasteiger partial charge in [-0.25, -0.2) is 13.8 Å². The molecule has 0 unspecified atom stereocenters. The minimum atomic E-state index is -0.670. The Labute approximate surface area is 108 Å². The molecule has 0 saturated heterocycles. The molecular weight excluding hydrogens is 250 g/mol. The van der Waals surface area contributed by atoms with Crippen LogP contribution in [0.15, 0.2) is 18.2 Å². The van der Waals surface area contributed by atoms with Gasteiger partial charge < -0.3 is 4.98 Å². The van der Waals surface area contributed by atoms with Gasteiger partial charge in [-0.15, -0.1) is 0 Å². The van der Waals surface area contributed by atoms with Gasteiger partial charge in [0, 0.05) is 12.6 Å². The van der Waals surface area contributed by atoms with Gasteiger partial charge in [0.2, 0.25) is 0 Å². The quantitative estimate of drug-likeness (QED) is 0.771. The zero-order valence-corrected chi connectivity index (χ0v) is 10.5. The van der Waals surface area contributed by atoms with Gasteiger partial charge in [0.15, 0.2) is 11.6 Å². The molecule has 4 nitrogen and oxygen atoms in total. The van der Waals surface area contributed by atoms with E-state index >= 15 is 0 Å². The van der Waals surface area contributed by atoms with E-state index in [4.69, 9.17) is 0 Å². The maximum Gasteiger partial charge on any atom is 0.156 e. The highest BCUT2D eigenvalue weighted by atomic mass is 19.1. The summed E-state index contributed by atoms with van der Waals surface area (Å²) in [4.78, 5) is 7.12. The Hall–Kier alpha value is -2.24. The van der Waals surface area contributed by atoms with Crippen LogP contribution in [-0.4, -0.2) is 19.7 Å². The lowest BCUT2D eigenvalue weighted by Crippen LogP contribution is -1.99. The minimum absolute atomic E-state index is 0.137. The average molecular weight is 262 g/mol. The molecule has 1 aromatic carbocycles. The van der Waals surface area contributed by atoms with Crippen molar-refractivity contribution < 1.29 is 8.78 Å². The van der Waals surface area contributed by atoms with Crippen LogP contribution in [0.3, 0.4) is 0 Å². The highest BCUT2D eigenvalue weighted by Gasteiger charge is 2.14. The summed E-state index contributed by atoms with van der Waals surface area (Å²) in [5, 5.41) is 4.30. The van der Waals surface area contributed by atoms with Crippen LogP contribution in [0.4, 0.5) is 8.78 Å². The summed E-state index contributed by atoms with van der Waals surface area (Å²) in [7, 11) is 0. The number of halogens is 2. The second kappa shape index (κ2) is 4.15. The van der Waals surface area contributed by atoms with Crippen molar-refractivity contribution in [1.29, 1.82) is 0 Å². The molecule has 19 heavy (non-hydrogen) atoms. The molecule has 0 spiro atoms. The van der Waals surface area contributed by atoms with Gasteiger partial charge in [0.1, 0.15) is 17.0 Å². The molecule has 0 fully saturated rings. The molecule has 0 aliphatic heterocycles. The number of rotatable bonds is 2. The predicted molar refractivity (Wildman–Crippen MR) is 67.6 cm³/mol. The molecular formula is C13H12F2N4. The summed E-state index contributed by atoms with van der Waals surface area (Å²) in [6, 6.07) is 3.92. The van der Waals surface area contributed by atoms with Gasteiger partial charge in [-0.3, -0.25) is 4.68 Å². The van der Waals surface area contributed by atoms with Crippen molar-refractivity contribution in [1.82, 2.24) is 19.7 Å². The monoisotopic (exact) mass is 262 g/mol. The number of benzene rings is 1. The highest BCUT2D eigenvalue weighted by Crippen LogP contribution is 2.23. The van der Waals surface area contributed by atoms with Crippen LogP contribution in [0.1, 0.15) is 12.6 Å². The summed E-state index contributed by atoms with van der Waals surface area (Å²) < 4.78 is 28.5. The highest BCUT2D eigenvalue weighted by molar-refractivity contribution is 5.79. The smallest absolute Gasteiger partial charge is 0.156 e. The number of imidazole rings is 1. The van der Waals surface area contributed by atoms with Crippen LogP contribution < -0.4 is 0 Å². The Balaban J connectivity index is 2.23. The van der Waals surface area contributed by atoms with Gasteiger partial charge in [-0.2, -0.15) is 5.10 Å². The van der Waals surface area contributed by atoms with Gasteiger partial charge >= 0.3 is 0 Å². The molecule has 1 N–H and O–H groups in total. The molecule has 98 valence electrons. The van der Waals surface area contributed by atoms with Crippen molar-refractivity contribution in [3.8, 4) is 11.5 Å². The molecule has 6 heteroatoms. The van der Waals surface area contributed by atoms with E-state index in [1.807, 2.05) is 19.9 Å². The van der Waals surface area contributed by atoms with Crippen LogP contribution in [-0.2, 0) is 6.54 Å². The Morgan fingerprint density at radius 3 is 2.79 bits per heavy atom. The van der Waals surface area contributed by atoms with Crippen molar-refractivity contribution in [3.63, 3.8) is 0 Å². The van der Waals surface area contributed by atoms with Crippen LogP contribution in [0, 0.1) is 18.6 Å². The SMILES string of the molecule is CCn1nc(C)cc1-c1nc2c(F)cc(F)cc2[nH]1. The van der Waals surface area contributed by atoms with Crippen LogP contribution in [0.25, 0.3) is 22.6 Å². The number of H-pyrrole nitrogens is 1. The van der Waals surface area contributed by atoms with E-state index in [2.05, 4.69) is 15.1 Å². The summed E-state index contributed by atoms with van der Waals surface area (Å²) in [5.41, 5.74) is 2.09. The molecule has 3 rings (SSSR count). The molecule has 0 amide bonds. The molecule has 0 aliphatic rings. The lowest BCUT2D eigenvalue weighted by atomic mass is 10.3. The van der Waals surface area contributed by atoms with Crippen molar-refractivity contribution in [2.75, 3.05) is 0 Å². The number of aromatic amines is 1. The topological polar surface area (TPSA) is 46.5 Å². The lowest BCUT2D eigenvalue weighted by molar-refractivity contribution is 0.590. The van der Waals surface area contributed by atoms with E-state index in [9.17, 15) is 8.78 Å². The summed E-state index contributed by atoms with van der Waals surface area (Å²) in [6.07, 6.45) is 0. The third-order valence-corrected chi connectivity index (χ3v) is 2.95. The van der Waals surface area contributed by atoms with Crippen LogP contribution in [0.5, 0.6) is 0 Å². The normalized spacial score (nSPS) is 11.4. The summed E-state index contributed by atoms with van der Waals surface area (Å²) >= 11 is 0. The van der Waals surface area contributed by atoms with E-state index < -0.39 is 11.6 Å². The fourth-order valence-corrected chi connectivity index (χ4v) is 2.14. The summed E-state index contributed by atoms with van der Waals surface area (Å²) in [6.45, 7) is 4.51. The number of hydrogen-bond acceptors (Lipinski definition) is 2. The van der Waals surface area contributed by atoms with Gasteiger partial charge in [0.25, 0.3) is 0 Å². The number of nitrogens with one attached hydrogen (secondary N) is 1. The Bertz CT molecular complexity index is 757. The second-order valence-corrected chi connectivity index (χ2v) is 4.36. The van der Waals surface area contributed by atoms with Crippen molar-refractivity contribution in [3.05, 3.63) is 35.5 Å². The fraction of sp³-hybridized carbons (Fsp3) is 0.231. The summed E-state index contributed by atoms with van der Waals surface area (Å²) in [5.74, 6) is -0.806. The van der Waals surface area contributed by atoms with E-state index in [1.54, 1.807) is 4.68 Å². The van der Waals surface area contributed by atoms with Crippen LogP contribution in [0.2, 0.25) is 0 Å². The van der Waals surface area contributed by atoms with Crippen molar-refractivity contribution >= 4 is 11.0 Å². The van der Waals surface area contributed by atoms with E-state index in [1.165, 1.54) is 6.07 Å². The van der Waals surface area contributed by atoms with Crippen molar-refractivity contribution in [2.45, 2.75) is 20.4 Å². The van der Waals surface area contributed by atoms with Crippen molar-refractivity contribution in [2.24, 2.45) is 0 Å². The Morgan fingerprint density at radius 1 is 1.26 bits per heavy atom. The number of nitrogens with zero attached hydrogens (tertiary/aromatic N) is 3.